The number of carbonyl (C=O) groups excluding carboxylic acids is 1. The normalized spacial score (nSPS) is 24.7. The number of rotatable bonds is 6. The average molecular weight is 298 g/mol. The van der Waals surface area contributed by atoms with Crippen LogP contribution >= 0.6 is 0 Å². The highest BCUT2D eigenvalue weighted by atomic mass is 16.5. The molecule has 120 valence electrons. The van der Waals surface area contributed by atoms with Gasteiger partial charge in [0.2, 0.25) is 5.91 Å². The lowest BCUT2D eigenvalue weighted by atomic mass is 9.98. The maximum Gasteiger partial charge on any atom is 0.303 e. The number of likely N-dealkylation sites (tertiary alicyclic amines) is 1. The molecular formula is C15H26N2O4. The van der Waals surface area contributed by atoms with E-state index in [0.29, 0.717) is 13.0 Å². The van der Waals surface area contributed by atoms with Crippen molar-refractivity contribution in [2.24, 2.45) is 0 Å². The molecule has 2 aliphatic rings. The first-order chi connectivity index (χ1) is 10.1. The van der Waals surface area contributed by atoms with Gasteiger partial charge in [-0.25, -0.2) is 0 Å². The zero-order valence-electron chi connectivity index (χ0n) is 12.6. The first kappa shape index (κ1) is 16.2. The predicted molar refractivity (Wildman–Crippen MR) is 78.1 cm³/mol. The second kappa shape index (κ2) is 8.34. The van der Waals surface area contributed by atoms with Gasteiger partial charge in [-0.15, -0.1) is 0 Å². The molecule has 21 heavy (non-hydrogen) atoms. The van der Waals surface area contributed by atoms with E-state index in [1.165, 1.54) is 0 Å². The largest absolute Gasteiger partial charge is 0.481 e. The number of nitrogens with one attached hydrogen (secondary N) is 1. The highest BCUT2D eigenvalue weighted by Crippen LogP contribution is 2.20. The molecule has 0 bridgehead atoms. The van der Waals surface area contributed by atoms with Crippen LogP contribution in [0.3, 0.4) is 0 Å². The van der Waals surface area contributed by atoms with E-state index in [-0.39, 0.29) is 24.4 Å². The van der Waals surface area contributed by atoms with E-state index >= 15 is 0 Å². The van der Waals surface area contributed by atoms with Gasteiger partial charge >= 0.3 is 5.97 Å². The van der Waals surface area contributed by atoms with Crippen molar-refractivity contribution in [3.05, 3.63) is 0 Å². The van der Waals surface area contributed by atoms with Crippen molar-refractivity contribution in [3.8, 4) is 0 Å². The summed E-state index contributed by atoms with van der Waals surface area (Å²) in [5, 5.41) is 11.9. The van der Waals surface area contributed by atoms with Crippen LogP contribution in [-0.4, -0.2) is 60.3 Å². The summed E-state index contributed by atoms with van der Waals surface area (Å²) in [6.07, 6.45) is 5.80. The summed E-state index contributed by atoms with van der Waals surface area (Å²) in [5.41, 5.74) is 0. The standard InChI is InChI=1S/C15H26N2O4/c18-14(16-12-6-9-21-10-7-12)11-17-8-2-1-3-13(17)4-5-15(19)20/h12-13H,1-11H2,(H,16,18)(H,19,20). The van der Waals surface area contributed by atoms with Crippen molar-refractivity contribution in [3.63, 3.8) is 0 Å². The Morgan fingerprint density at radius 3 is 2.67 bits per heavy atom. The first-order valence-corrected chi connectivity index (χ1v) is 7.98. The molecule has 0 spiro atoms. The molecule has 2 saturated heterocycles. The molecule has 2 aliphatic heterocycles. The Labute approximate surface area is 125 Å². The number of nitrogens with zero attached hydrogens (tertiary/aromatic N) is 1. The lowest BCUT2D eigenvalue weighted by molar-refractivity contribution is -0.137. The minimum atomic E-state index is -0.757. The van der Waals surface area contributed by atoms with Gasteiger partial charge < -0.3 is 15.2 Å². The summed E-state index contributed by atoms with van der Waals surface area (Å²) >= 11 is 0. The molecule has 0 saturated carbocycles. The number of amides is 1. The molecule has 2 fully saturated rings. The van der Waals surface area contributed by atoms with E-state index in [4.69, 9.17) is 9.84 Å². The zero-order chi connectivity index (χ0) is 15.1. The molecule has 1 atom stereocenters. The number of hydrogen-bond donors (Lipinski definition) is 2. The number of aliphatic carboxylic acids is 1. The number of carboxylic acid groups (broad SMARTS) is 1. The van der Waals surface area contributed by atoms with Gasteiger partial charge in [-0.05, 0) is 38.6 Å². The third kappa shape index (κ3) is 5.63. The molecule has 0 radical (unpaired) electrons. The van der Waals surface area contributed by atoms with Crippen LogP contribution in [0.15, 0.2) is 0 Å². The lowest BCUT2D eigenvalue weighted by Gasteiger charge is -2.35. The fraction of sp³-hybridized carbons (Fsp3) is 0.867. The molecule has 0 aromatic rings. The van der Waals surface area contributed by atoms with Gasteiger partial charge in [0.05, 0.1) is 6.54 Å². The fourth-order valence-corrected chi connectivity index (χ4v) is 3.18. The third-order valence-corrected chi connectivity index (χ3v) is 4.37. The summed E-state index contributed by atoms with van der Waals surface area (Å²) in [6, 6.07) is 0.462. The van der Waals surface area contributed by atoms with Crippen LogP contribution in [0, 0.1) is 0 Å². The summed E-state index contributed by atoms with van der Waals surface area (Å²) in [7, 11) is 0. The molecule has 0 aromatic heterocycles. The van der Waals surface area contributed by atoms with E-state index in [1.54, 1.807) is 0 Å². The van der Waals surface area contributed by atoms with Crippen molar-refractivity contribution in [1.29, 1.82) is 0 Å². The van der Waals surface area contributed by atoms with E-state index in [1.807, 2.05) is 0 Å². The van der Waals surface area contributed by atoms with Crippen molar-refractivity contribution in [2.45, 2.75) is 57.0 Å². The van der Waals surface area contributed by atoms with Crippen LogP contribution in [0.25, 0.3) is 0 Å². The van der Waals surface area contributed by atoms with Gasteiger partial charge in [0, 0.05) is 31.7 Å². The van der Waals surface area contributed by atoms with Gasteiger partial charge in [-0.1, -0.05) is 6.42 Å². The van der Waals surface area contributed by atoms with Gasteiger partial charge in [-0.2, -0.15) is 0 Å². The van der Waals surface area contributed by atoms with E-state index in [2.05, 4.69) is 10.2 Å². The Morgan fingerprint density at radius 1 is 1.19 bits per heavy atom. The molecule has 2 heterocycles. The van der Waals surface area contributed by atoms with Crippen LogP contribution in [0.1, 0.15) is 44.9 Å². The topological polar surface area (TPSA) is 78.9 Å². The maximum atomic E-state index is 12.2. The van der Waals surface area contributed by atoms with Crippen LogP contribution in [-0.2, 0) is 14.3 Å². The Kier molecular flexibility index (Phi) is 6.45. The molecule has 6 heteroatoms. The predicted octanol–water partition coefficient (Wildman–Crippen LogP) is 1.00. The summed E-state index contributed by atoms with van der Waals surface area (Å²) in [4.78, 5) is 25.0. The van der Waals surface area contributed by atoms with Crippen molar-refractivity contribution in [2.75, 3.05) is 26.3 Å². The first-order valence-electron chi connectivity index (χ1n) is 7.98. The molecule has 2 N–H and O–H groups in total. The third-order valence-electron chi connectivity index (χ3n) is 4.37. The van der Waals surface area contributed by atoms with Crippen LogP contribution in [0.4, 0.5) is 0 Å². The second-order valence-corrected chi connectivity index (χ2v) is 6.01. The number of ether oxygens (including phenoxy) is 1. The van der Waals surface area contributed by atoms with E-state index in [0.717, 1.165) is 51.9 Å². The quantitative estimate of drug-likeness (QED) is 0.765. The molecule has 1 unspecified atom stereocenters. The van der Waals surface area contributed by atoms with Gasteiger partial charge in [0.1, 0.15) is 0 Å². The SMILES string of the molecule is O=C(O)CCC1CCCCN1CC(=O)NC1CCOCC1. The van der Waals surface area contributed by atoms with Crippen LogP contribution in [0.2, 0.25) is 0 Å². The fourth-order valence-electron chi connectivity index (χ4n) is 3.18. The van der Waals surface area contributed by atoms with Gasteiger partial charge in [-0.3, -0.25) is 14.5 Å². The minimum Gasteiger partial charge on any atom is -0.481 e. The molecular weight excluding hydrogens is 272 g/mol. The van der Waals surface area contributed by atoms with Crippen molar-refractivity contribution < 1.29 is 19.4 Å². The smallest absolute Gasteiger partial charge is 0.303 e. The van der Waals surface area contributed by atoms with Crippen molar-refractivity contribution >= 4 is 11.9 Å². The highest BCUT2D eigenvalue weighted by molar-refractivity contribution is 5.78. The molecule has 2 rings (SSSR count). The Bertz CT molecular complexity index is 356. The zero-order valence-corrected chi connectivity index (χ0v) is 12.6. The number of carboxylic acids is 1. The van der Waals surface area contributed by atoms with E-state index in [9.17, 15) is 9.59 Å². The second-order valence-electron chi connectivity index (χ2n) is 6.01. The summed E-state index contributed by atoms with van der Waals surface area (Å²) in [5.74, 6) is -0.698. The van der Waals surface area contributed by atoms with Gasteiger partial charge in [0.15, 0.2) is 0 Å². The highest BCUT2D eigenvalue weighted by Gasteiger charge is 2.25. The summed E-state index contributed by atoms with van der Waals surface area (Å²) < 4.78 is 5.29. The summed E-state index contributed by atoms with van der Waals surface area (Å²) in [6.45, 7) is 2.72. The molecule has 0 aromatic carbocycles. The Balaban J connectivity index is 1.77. The Hall–Kier alpha value is -1.14. The van der Waals surface area contributed by atoms with Crippen LogP contribution in [0.5, 0.6) is 0 Å². The molecule has 1 amide bonds. The molecule has 6 nitrogen and oxygen atoms in total. The Morgan fingerprint density at radius 2 is 1.95 bits per heavy atom. The van der Waals surface area contributed by atoms with Gasteiger partial charge in [0.25, 0.3) is 0 Å². The monoisotopic (exact) mass is 298 g/mol. The average Bonchev–Trinajstić information content (AvgIpc) is 2.47. The minimum absolute atomic E-state index is 0.0594. The number of piperidine rings is 1. The number of carbonyl (C=O) groups is 2. The van der Waals surface area contributed by atoms with Crippen LogP contribution < -0.4 is 5.32 Å². The molecule has 0 aliphatic carbocycles. The number of hydrogen-bond acceptors (Lipinski definition) is 4. The van der Waals surface area contributed by atoms with Crippen molar-refractivity contribution in [1.82, 2.24) is 10.2 Å². The maximum absolute atomic E-state index is 12.2. The lowest BCUT2D eigenvalue weighted by Crippen LogP contribution is -2.48. The van der Waals surface area contributed by atoms with E-state index < -0.39 is 5.97 Å².